The summed E-state index contributed by atoms with van der Waals surface area (Å²) in [4.78, 5) is 2.06. The van der Waals surface area contributed by atoms with Crippen molar-refractivity contribution >= 4 is 0 Å². The minimum atomic E-state index is -0.430. The van der Waals surface area contributed by atoms with Crippen LogP contribution in [-0.2, 0) is 4.74 Å². The van der Waals surface area contributed by atoms with Crippen LogP contribution >= 0.6 is 0 Å². The third-order valence-electron chi connectivity index (χ3n) is 2.84. The Morgan fingerprint density at radius 3 is 2.74 bits per heavy atom. The van der Waals surface area contributed by atoms with Crippen LogP contribution in [0.15, 0.2) is 18.2 Å². The Labute approximate surface area is 114 Å². The van der Waals surface area contributed by atoms with E-state index in [4.69, 9.17) is 4.74 Å². The lowest BCUT2D eigenvalue weighted by molar-refractivity contribution is 0.118. The number of nitrogens with one attached hydrogen (secondary N) is 1. The van der Waals surface area contributed by atoms with Gasteiger partial charge in [0.25, 0.3) is 0 Å². The Kier molecular flexibility index (Phi) is 6.77. The summed E-state index contributed by atoms with van der Waals surface area (Å²) in [5.41, 5.74) is 0.690. The summed E-state index contributed by atoms with van der Waals surface area (Å²) < 4.78 is 18.3. The predicted molar refractivity (Wildman–Crippen MR) is 73.9 cm³/mol. The van der Waals surface area contributed by atoms with E-state index in [-0.39, 0.29) is 11.8 Å². The fourth-order valence-corrected chi connectivity index (χ4v) is 1.69. The van der Waals surface area contributed by atoms with E-state index in [0.717, 1.165) is 12.6 Å². The normalized spacial score (nSPS) is 12.9. The topological polar surface area (TPSA) is 44.7 Å². The highest BCUT2D eigenvalue weighted by Gasteiger charge is 2.10. The first-order valence-electron chi connectivity index (χ1n) is 6.45. The Morgan fingerprint density at radius 2 is 2.11 bits per heavy atom. The van der Waals surface area contributed by atoms with Crippen molar-refractivity contribution in [1.29, 1.82) is 0 Å². The molecular weight excluding hydrogens is 247 g/mol. The summed E-state index contributed by atoms with van der Waals surface area (Å²) in [5.74, 6) is -0.450. The number of phenolic OH excluding ortho intramolecular Hbond substituents is 1. The minimum Gasteiger partial charge on any atom is -0.508 e. The van der Waals surface area contributed by atoms with E-state index in [2.05, 4.69) is 10.2 Å². The highest BCUT2D eigenvalue weighted by molar-refractivity contribution is 5.34. The average Bonchev–Trinajstić information content (AvgIpc) is 2.32. The number of likely N-dealkylation sites (N-methyl/N-ethyl adjacent to an activating group) is 1. The lowest BCUT2D eigenvalue weighted by Crippen LogP contribution is -2.25. The largest absolute Gasteiger partial charge is 0.508 e. The summed E-state index contributed by atoms with van der Waals surface area (Å²) in [6.07, 6.45) is 0. The average molecular weight is 270 g/mol. The van der Waals surface area contributed by atoms with E-state index < -0.39 is 5.82 Å². The summed E-state index contributed by atoms with van der Waals surface area (Å²) in [6, 6.07) is 4.02. The molecular formula is C14H23FN2O2. The number of rotatable bonds is 8. The van der Waals surface area contributed by atoms with Crippen molar-refractivity contribution in [2.75, 3.05) is 40.4 Å². The fourth-order valence-electron chi connectivity index (χ4n) is 1.69. The molecule has 5 heteroatoms. The van der Waals surface area contributed by atoms with Crippen LogP contribution in [0.4, 0.5) is 4.39 Å². The van der Waals surface area contributed by atoms with Gasteiger partial charge in [0, 0.05) is 30.8 Å². The van der Waals surface area contributed by atoms with Crippen LogP contribution in [0.25, 0.3) is 0 Å². The van der Waals surface area contributed by atoms with Crippen LogP contribution in [0, 0.1) is 5.82 Å². The van der Waals surface area contributed by atoms with Gasteiger partial charge in [-0.1, -0.05) is 6.07 Å². The van der Waals surface area contributed by atoms with Crippen molar-refractivity contribution in [2.24, 2.45) is 0 Å². The number of hydrogen-bond donors (Lipinski definition) is 2. The highest BCUT2D eigenvalue weighted by Crippen LogP contribution is 2.24. The molecule has 1 rings (SSSR count). The monoisotopic (exact) mass is 270 g/mol. The summed E-state index contributed by atoms with van der Waals surface area (Å²) in [6.45, 7) is 4.82. The molecule has 0 fully saturated rings. The molecule has 0 aliphatic carbocycles. The molecule has 0 heterocycles. The second-order valence-electron chi connectivity index (χ2n) is 4.79. The Bertz CT molecular complexity index is 386. The van der Waals surface area contributed by atoms with Crippen molar-refractivity contribution in [1.82, 2.24) is 10.2 Å². The molecule has 108 valence electrons. The molecule has 1 aromatic rings. The first-order chi connectivity index (χ1) is 9.00. The second kappa shape index (κ2) is 8.09. The number of nitrogens with zero attached hydrogens (tertiary/aromatic N) is 1. The SMILES string of the molecule is CC(NCCOCCN(C)C)c1ccc(F)cc1O. The number of phenols is 1. The van der Waals surface area contributed by atoms with Gasteiger partial charge < -0.3 is 20.1 Å². The van der Waals surface area contributed by atoms with Gasteiger partial charge in [0.1, 0.15) is 11.6 Å². The highest BCUT2D eigenvalue weighted by atomic mass is 19.1. The van der Waals surface area contributed by atoms with E-state index in [0.29, 0.717) is 25.3 Å². The molecule has 1 unspecified atom stereocenters. The molecule has 0 saturated heterocycles. The van der Waals surface area contributed by atoms with Crippen molar-refractivity contribution in [3.05, 3.63) is 29.6 Å². The van der Waals surface area contributed by atoms with Gasteiger partial charge in [-0.15, -0.1) is 0 Å². The first kappa shape index (κ1) is 15.9. The standard InChI is InChI=1S/C14H23FN2O2/c1-11(13-5-4-12(15)10-14(13)18)16-6-8-19-9-7-17(2)3/h4-5,10-11,16,18H,6-9H2,1-3H3. The second-order valence-corrected chi connectivity index (χ2v) is 4.79. The van der Waals surface area contributed by atoms with E-state index in [1.165, 1.54) is 6.07 Å². The van der Waals surface area contributed by atoms with Gasteiger partial charge in [0.15, 0.2) is 0 Å². The van der Waals surface area contributed by atoms with Crippen LogP contribution in [0.2, 0.25) is 0 Å². The van der Waals surface area contributed by atoms with Crippen molar-refractivity contribution in [3.8, 4) is 5.75 Å². The lowest BCUT2D eigenvalue weighted by atomic mass is 10.1. The molecule has 0 aliphatic heterocycles. The summed E-state index contributed by atoms with van der Waals surface area (Å²) in [7, 11) is 4.00. The van der Waals surface area contributed by atoms with Gasteiger partial charge in [-0.25, -0.2) is 4.39 Å². The number of benzene rings is 1. The molecule has 0 aliphatic rings. The van der Waals surface area contributed by atoms with Crippen molar-refractivity contribution < 1.29 is 14.2 Å². The first-order valence-corrected chi connectivity index (χ1v) is 6.45. The van der Waals surface area contributed by atoms with Crippen molar-refractivity contribution in [3.63, 3.8) is 0 Å². The Hall–Kier alpha value is -1.17. The third kappa shape index (κ3) is 6.00. The maximum atomic E-state index is 12.9. The molecule has 19 heavy (non-hydrogen) atoms. The zero-order valence-corrected chi connectivity index (χ0v) is 11.8. The molecule has 0 amide bonds. The van der Waals surface area contributed by atoms with Gasteiger partial charge in [-0.2, -0.15) is 0 Å². The number of halogens is 1. The van der Waals surface area contributed by atoms with Crippen LogP contribution < -0.4 is 5.32 Å². The van der Waals surface area contributed by atoms with E-state index in [1.54, 1.807) is 6.07 Å². The molecule has 0 radical (unpaired) electrons. The van der Waals surface area contributed by atoms with Gasteiger partial charge in [0.2, 0.25) is 0 Å². The molecule has 4 nitrogen and oxygen atoms in total. The van der Waals surface area contributed by atoms with Crippen molar-refractivity contribution in [2.45, 2.75) is 13.0 Å². The number of aromatic hydroxyl groups is 1. The third-order valence-corrected chi connectivity index (χ3v) is 2.84. The quantitative estimate of drug-likeness (QED) is 0.707. The minimum absolute atomic E-state index is 0.0199. The number of ether oxygens (including phenoxy) is 1. The van der Waals surface area contributed by atoms with Gasteiger partial charge >= 0.3 is 0 Å². The molecule has 0 spiro atoms. The Balaban J connectivity index is 2.25. The Morgan fingerprint density at radius 1 is 1.37 bits per heavy atom. The van der Waals surface area contributed by atoms with E-state index in [1.807, 2.05) is 21.0 Å². The molecule has 0 saturated carbocycles. The lowest BCUT2D eigenvalue weighted by Gasteiger charge is -2.16. The predicted octanol–water partition coefficient (Wildman–Crippen LogP) is 1.76. The van der Waals surface area contributed by atoms with Gasteiger partial charge in [-0.05, 0) is 27.1 Å². The fraction of sp³-hybridized carbons (Fsp3) is 0.571. The van der Waals surface area contributed by atoms with E-state index in [9.17, 15) is 9.50 Å². The molecule has 1 aromatic carbocycles. The summed E-state index contributed by atoms with van der Waals surface area (Å²) in [5, 5.41) is 12.9. The van der Waals surface area contributed by atoms with Crippen LogP contribution in [-0.4, -0.2) is 50.4 Å². The van der Waals surface area contributed by atoms with E-state index >= 15 is 0 Å². The molecule has 0 aromatic heterocycles. The zero-order chi connectivity index (χ0) is 14.3. The van der Waals surface area contributed by atoms with Gasteiger partial charge in [0.05, 0.1) is 13.2 Å². The van der Waals surface area contributed by atoms with Gasteiger partial charge in [-0.3, -0.25) is 0 Å². The molecule has 2 N–H and O–H groups in total. The maximum absolute atomic E-state index is 12.9. The van der Waals surface area contributed by atoms with Crippen LogP contribution in [0.3, 0.4) is 0 Å². The smallest absolute Gasteiger partial charge is 0.126 e. The van der Waals surface area contributed by atoms with Crippen LogP contribution in [0.1, 0.15) is 18.5 Å². The van der Waals surface area contributed by atoms with Crippen LogP contribution in [0.5, 0.6) is 5.75 Å². The molecule has 1 atom stereocenters. The molecule has 0 bridgehead atoms. The zero-order valence-electron chi connectivity index (χ0n) is 11.8. The summed E-state index contributed by atoms with van der Waals surface area (Å²) >= 11 is 0. The maximum Gasteiger partial charge on any atom is 0.126 e. The number of hydrogen-bond acceptors (Lipinski definition) is 4.